The average molecular weight is 905 g/mol. The molecule has 2 fully saturated rings. The SMILES string of the molecule is CO[C@H]([C@@H](C)C(=O)N[C@@H](Cc1ccccc1)c1cncs1)[C@@H]1CCCN1C(=O)[C@@H]1CCCN1C(=O)[C@H](C(C)C)N(C)C(=O)[C@@H](NC(=O)OCC1c2ccccc2-c2ccccc21)C(C)C. The fourth-order valence-electron chi connectivity index (χ4n) is 10.2. The molecule has 3 heterocycles. The minimum absolute atomic E-state index is 0.101. The zero-order valence-corrected chi connectivity index (χ0v) is 39.5. The van der Waals surface area contributed by atoms with Crippen LogP contribution in [-0.2, 0) is 35.1 Å². The Bertz CT molecular complexity index is 2240. The minimum Gasteiger partial charge on any atom is -0.449 e. The normalized spacial score (nSPS) is 19.3. The van der Waals surface area contributed by atoms with Crippen molar-refractivity contribution in [2.75, 3.05) is 33.9 Å². The van der Waals surface area contributed by atoms with E-state index in [-0.39, 0.29) is 54.2 Å². The van der Waals surface area contributed by atoms with Gasteiger partial charge in [-0.1, -0.05) is 113 Å². The number of likely N-dealkylation sites (N-methyl/N-ethyl adjacent to an activating group) is 1. The molecule has 65 heavy (non-hydrogen) atoms. The van der Waals surface area contributed by atoms with E-state index in [1.165, 1.54) is 16.2 Å². The van der Waals surface area contributed by atoms with Crippen LogP contribution in [-0.4, -0.2) is 114 Å². The van der Waals surface area contributed by atoms with Crippen LogP contribution in [0, 0.1) is 17.8 Å². The molecular formula is C51H64N6O7S. The van der Waals surface area contributed by atoms with Crippen LogP contribution in [0.15, 0.2) is 90.6 Å². The van der Waals surface area contributed by atoms with Crippen molar-refractivity contribution in [2.45, 2.75) is 109 Å². The molecule has 0 radical (unpaired) electrons. The van der Waals surface area contributed by atoms with E-state index < -0.39 is 42.1 Å². The van der Waals surface area contributed by atoms with Crippen LogP contribution in [0.5, 0.6) is 0 Å². The maximum absolute atomic E-state index is 14.7. The number of nitrogens with one attached hydrogen (secondary N) is 2. The number of carbonyl (C=O) groups is 5. The van der Waals surface area contributed by atoms with Crippen molar-refractivity contribution in [3.05, 3.63) is 112 Å². The molecule has 2 aliphatic heterocycles. The van der Waals surface area contributed by atoms with Gasteiger partial charge in [0, 0.05) is 44.2 Å². The van der Waals surface area contributed by atoms with E-state index in [9.17, 15) is 24.0 Å². The third kappa shape index (κ3) is 10.3. The summed E-state index contributed by atoms with van der Waals surface area (Å²) < 4.78 is 11.9. The second kappa shape index (κ2) is 21.1. The summed E-state index contributed by atoms with van der Waals surface area (Å²) in [4.78, 5) is 81.3. The topological polar surface area (TPSA) is 150 Å². The highest BCUT2D eigenvalue weighted by molar-refractivity contribution is 7.09. The molecule has 5 amide bonds. The lowest BCUT2D eigenvalue weighted by Crippen LogP contribution is -2.60. The van der Waals surface area contributed by atoms with Crippen LogP contribution >= 0.6 is 11.3 Å². The van der Waals surface area contributed by atoms with Crippen LogP contribution in [0.3, 0.4) is 0 Å². The van der Waals surface area contributed by atoms with Crippen molar-refractivity contribution in [3.63, 3.8) is 0 Å². The summed E-state index contributed by atoms with van der Waals surface area (Å²) >= 11 is 1.49. The molecule has 7 rings (SSSR count). The van der Waals surface area contributed by atoms with Gasteiger partial charge in [-0.3, -0.25) is 24.2 Å². The maximum atomic E-state index is 14.7. The van der Waals surface area contributed by atoms with E-state index in [1.807, 2.05) is 106 Å². The first-order valence-corrected chi connectivity index (χ1v) is 23.9. The summed E-state index contributed by atoms with van der Waals surface area (Å²) in [5, 5.41) is 6.07. The molecule has 0 unspecified atom stereocenters. The van der Waals surface area contributed by atoms with Gasteiger partial charge in [0.25, 0.3) is 0 Å². The molecule has 2 N–H and O–H groups in total. The number of hydrogen-bond donors (Lipinski definition) is 2. The zero-order chi connectivity index (χ0) is 46.4. The van der Waals surface area contributed by atoms with E-state index in [1.54, 1.807) is 30.8 Å². The summed E-state index contributed by atoms with van der Waals surface area (Å²) in [6, 6.07) is 23.0. The van der Waals surface area contributed by atoms with Crippen molar-refractivity contribution >= 4 is 41.1 Å². The molecule has 3 aliphatic rings. The number of benzene rings is 3. The molecule has 1 aliphatic carbocycles. The summed E-state index contributed by atoms with van der Waals surface area (Å²) in [6.07, 6.45) is 3.60. The Morgan fingerprint density at radius 2 is 1.45 bits per heavy atom. The minimum atomic E-state index is -0.966. The van der Waals surface area contributed by atoms with Crippen LogP contribution in [0.4, 0.5) is 4.79 Å². The third-order valence-corrected chi connectivity index (χ3v) is 14.4. The van der Waals surface area contributed by atoms with E-state index in [0.29, 0.717) is 38.8 Å². The molecule has 346 valence electrons. The number of aromatic nitrogens is 1. The van der Waals surface area contributed by atoms with Gasteiger partial charge in [-0.2, -0.15) is 0 Å². The van der Waals surface area contributed by atoms with E-state index >= 15 is 0 Å². The molecule has 0 saturated carbocycles. The first-order chi connectivity index (χ1) is 31.3. The van der Waals surface area contributed by atoms with Gasteiger partial charge in [0.2, 0.25) is 23.6 Å². The fraction of sp³-hybridized carbons (Fsp3) is 0.490. The predicted octanol–water partition coefficient (Wildman–Crippen LogP) is 7.22. The number of rotatable bonds is 17. The van der Waals surface area contributed by atoms with E-state index in [0.717, 1.165) is 39.1 Å². The summed E-state index contributed by atoms with van der Waals surface area (Å²) in [7, 11) is 3.18. The number of fused-ring (bicyclic) bond motifs is 3. The number of carbonyl (C=O) groups excluding carboxylic acids is 5. The Kier molecular flexibility index (Phi) is 15.4. The van der Waals surface area contributed by atoms with Crippen molar-refractivity contribution < 1.29 is 33.4 Å². The molecule has 2 saturated heterocycles. The Balaban J connectivity index is 0.997. The molecular weight excluding hydrogens is 841 g/mol. The van der Waals surface area contributed by atoms with Crippen molar-refractivity contribution in [1.29, 1.82) is 0 Å². The molecule has 0 spiro atoms. The summed E-state index contributed by atoms with van der Waals surface area (Å²) in [5.74, 6) is -2.43. The van der Waals surface area contributed by atoms with Crippen LogP contribution in [0.2, 0.25) is 0 Å². The van der Waals surface area contributed by atoms with Gasteiger partial charge in [-0.15, -0.1) is 11.3 Å². The monoisotopic (exact) mass is 904 g/mol. The molecule has 14 heteroatoms. The van der Waals surface area contributed by atoms with Gasteiger partial charge in [0.05, 0.1) is 29.6 Å². The first-order valence-electron chi connectivity index (χ1n) is 23.0. The first kappa shape index (κ1) is 47.4. The molecule has 13 nitrogen and oxygen atoms in total. The van der Waals surface area contributed by atoms with E-state index in [4.69, 9.17) is 9.47 Å². The number of hydrogen-bond acceptors (Lipinski definition) is 9. The number of thiazole rings is 1. The highest BCUT2D eigenvalue weighted by Gasteiger charge is 2.47. The van der Waals surface area contributed by atoms with Gasteiger partial charge in [0.1, 0.15) is 24.7 Å². The number of nitrogens with zero attached hydrogens (tertiary/aromatic N) is 4. The molecule has 7 atom stereocenters. The second-order valence-electron chi connectivity index (χ2n) is 18.4. The Labute approximate surface area is 387 Å². The van der Waals surface area contributed by atoms with Gasteiger partial charge in [-0.25, -0.2) is 4.79 Å². The highest BCUT2D eigenvalue weighted by atomic mass is 32.1. The third-order valence-electron chi connectivity index (χ3n) is 13.6. The lowest BCUT2D eigenvalue weighted by atomic mass is 9.93. The average Bonchev–Trinajstić information content (AvgIpc) is 4.15. The van der Waals surface area contributed by atoms with Crippen LogP contribution < -0.4 is 10.6 Å². The Morgan fingerprint density at radius 3 is 2.06 bits per heavy atom. The smallest absolute Gasteiger partial charge is 0.407 e. The van der Waals surface area contributed by atoms with Gasteiger partial charge in [-0.05, 0) is 71.8 Å². The predicted molar refractivity (Wildman–Crippen MR) is 251 cm³/mol. The maximum Gasteiger partial charge on any atom is 0.407 e. The molecule has 0 bridgehead atoms. The van der Waals surface area contributed by atoms with Crippen LogP contribution in [0.25, 0.3) is 11.1 Å². The number of ether oxygens (including phenoxy) is 2. The Morgan fingerprint density at radius 1 is 0.815 bits per heavy atom. The summed E-state index contributed by atoms with van der Waals surface area (Å²) in [5.41, 5.74) is 7.25. The molecule has 3 aromatic carbocycles. The number of methoxy groups -OCH3 is 1. The van der Waals surface area contributed by atoms with Crippen molar-refractivity contribution in [1.82, 2.24) is 30.3 Å². The van der Waals surface area contributed by atoms with Crippen molar-refractivity contribution in [2.24, 2.45) is 17.8 Å². The molecule has 1 aromatic heterocycles. The standard InChI is InChI=1S/C51H64N6O7S/c1-31(2)44(54-51(62)64-29-39-37-21-13-11-19-35(37)36-20-12-14-22-38(36)39)49(60)55(6)45(32(3)4)50(61)57-26-16-24-42(57)48(59)56-25-15-23-41(56)46(63-7)33(5)47(58)53-40(43-28-52-30-65-43)27-34-17-9-8-10-18-34/h8-14,17-22,28,30-33,39-42,44-46H,15-16,23-27,29H2,1-7H3,(H,53,58)(H,54,62)/t33-,40+,41+,42+,44+,45+,46-/m1/s1. The van der Waals surface area contributed by atoms with Gasteiger partial charge < -0.3 is 34.8 Å². The van der Waals surface area contributed by atoms with Gasteiger partial charge in [0.15, 0.2) is 0 Å². The number of amides is 5. The zero-order valence-electron chi connectivity index (χ0n) is 38.6. The summed E-state index contributed by atoms with van der Waals surface area (Å²) in [6.45, 7) is 10.3. The second-order valence-corrected chi connectivity index (χ2v) is 19.3. The largest absolute Gasteiger partial charge is 0.449 e. The van der Waals surface area contributed by atoms with E-state index in [2.05, 4.69) is 27.8 Å². The lowest BCUT2D eigenvalue weighted by Gasteiger charge is -2.39. The fourth-order valence-corrected chi connectivity index (χ4v) is 10.9. The number of likely N-dealkylation sites (tertiary alicyclic amines) is 2. The molecule has 4 aromatic rings. The lowest BCUT2D eigenvalue weighted by molar-refractivity contribution is -0.153. The quantitative estimate of drug-likeness (QED) is 0.113. The van der Waals surface area contributed by atoms with Crippen molar-refractivity contribution in [3.8, 4) is 11.1 Å². The Hall–Kier alpha value is -5.60. The van der Waals surface area contributed by atoms with Gasteiger partial charge >= 0.3 is 6.09 Å². The number of alkyl carbamates (subject to hydrolysis) is 1. The van der Waals surface area contributed by atoms with Crippen LogP contribution in [0.1, 0.15) is 93.8 Å². The highest BCUT2D eigenvalue weighted by Crippen LogP contribution is 2.44.